The van der Waals surface area contributed by atoms with E-state index in [0.717, 1.165) is 10.9 Å². The Morgan fingerprint density at radius 2 is 2.20 bits per heavy atom. The van der Waals surface area contributed by atoms with E-state index in [1.54, 1.807) is 6.20 Å². The second-order valence-corrected chi connectivity index (χ2v) is 3.00. The Labute approximate surface area is 86.3 Å². The van der Waals surface area contributed by atoms with Crippen LogP contribution in [0.1, 0.15) is 0 Å². The van der Waals surface area contributed by atoms with Crippen LogP contribution in [0.3, 0.4) is 0 Å². The van der Waals surface area contributed by atoms with Gasteiger partial charge in [0.25, 0.3) is 0 Å². The van der Waals surface area contributed by atoms with Crippen molar-refractivity contribution >= 4 is 22.8 Å². The molecule has 0 spiro atoms. The van der Waals surface area contributed by atoms with E-state index in [9.17, 15) is 4.79 Å². The van der Waals surface area contributed by atoms with E-state index in [2.05, 4.69) is 15.3 Å². The summed E-state index contributed by atoms with van der Waals surface area (Å²) in [5, 5.41) is 3.43. The Morgan fingerprint density at radius 3 is 3.00 bits per heavy atom. The first-order valence-corrected chi connectivity index (χ1v) is 4.51. The molecular weight excluding hydrogens is 192 g/mol. The van der Waals surface area contributed by atoms with Gasteiger partial charge in [-0.05, 0) is 6.07 Å². The lowest BCUT2D eigenvalue weighted by Crippen LogP contribution is -2.22. The quantitative estimate of drug-likeness (QED) is 0.744. The van der Waals surface area contributed by atoms with Crippen molar-refractivity contribution in [1.82, 2.24) is 9.97 Å². The summed E-state index contributed by atoms with van der Waals surface area (Å²) in [6.07, 6.45) is 1.66. The lowest BCUT2D eigenvalue weighted by Gasteiger charge is -2.02. The Hall–Kier alpha value is -2.01. The number of carbonyl (C=O) groups is 1. The van der Waals surface area contributed by atoms with Gasteiger partial charge in [0.05, 0.1) is 12.1 Å². The van der Waals surface area contributed by atoms with E-state index in [0.29, 0.717) is 0 Å². The maximum absolute atomic E-state index is 11.0. The first-order chi connectivity index (χ1) is 7.29. The fourth-order valence-corrected chi connectivity index (χ4v) is 1.21. The predicted octanol–water partition coefficient (Wildman–Crippen LogP) is 0.527. The summed E-state index contributed by atoms with van der Waals surface area (Å²) in [5.41, 5.74) is 5.96. The average molecular weight is 202 g/mol. The highest BCUT2D eigenvalue weighted by Crippen LogP contribution is 2.11. The highest BCUT2D eigenvalue weighted by molar-refractivity contribution is 5.91. The number of benzene rings is 1. The zero-order valence-electron chi connectivity index (χ0n) is 7.97. The number of aromatic nitrogens is 2. The predicted molar refractivity (Wildman–Crippen MR) is 57.2 cm³/mol. The van der Waals surface area contributed by atoms with Crippen LogP contribution in [0.4, 0.5) is 5.95 Å². The van der Waals surface area contributed by atoms with Gasteiger partial charge in [0.2, 0.25) is 11.9 Å². The minimum absolute atomic E-state index is 0.0732. The third kappa shape index (κ3) is 2.08. The molecule has 3 N–H and O–H groups in total. The number of carbonyl (C=O) groups excluding carboxylic acids is 1. The number of rotatable bonds is 2. The Bertz CT molecular complexity index is 498. The molecule has 1 heterocycles. The lowest BCUT2D eigenvalue weighted by molar-refractivity contribution is -0.114. The molecule has 0 saturated heterocycles. The summed E-state index contributed by atoms with van der Waals surface area (Å²) < 4.78 is 0. The molecule has 2 aromatic rings. The van der Waals surface area contributed by atoms with E-state index in [1.807, 2.05) is 24.3 Å². The van der Waals surface area contributed by atoms with Crippen LogP contribution in [0.5, 0.6) is 0 Å². The lowest BCUT2D eigenvalue weighted by atomic mass is 10.2. The van der Waals surface area contributed by atoms with Gasteiger partial charge in [0, 0.05) is 11.6 Å². The molecule has 1 amide bonds. The molecule has 76 valence electrons. The van der Waals surface area contributed by atoms with E-state index in [1.165, 1.54) is 0 Å². The Kier molecular flexibility index (Phi) is 2.55. The second kappa shape index (κ2) is 4.02. The van der Waals surface area contributed by atoms with Gasteiger partial charge in [-0.25, -0.2) is 9.97 Å². The summed E-state index contributed by atoms with van der Waals surface area (Å²) in [4.78, 5) is 19.2. The van der Waals surface area contributed by atoms with E-state index in [4.69, 9.17) is 5.73 Å². The van der Waals surface area contributed by atoms with Crippen LogP contribution in [-0.4, -0.2) is 22.4 Å². The van der Waals surface area contributed by atoms with E-state index >= 15 is 0 Å². The number of nitrogens with two attached hydrogens (primary N) is 1. The molecule has 0 aliphatic heterocycles. The minimum atomic E-state index is -0.301. The fourth-order valence-electron chi connectivity index (χ4n) is 1.21. The smallest absolute Gasteiger partial charge is 0.240 e. The minimum Gasteiger partial charge on any atom is -0.322 e. The molecule has 0 aliphatic rings. The summed E-state index contributed by atoms with van der Waals surface area (Å²) >= 11 is 0. The van der Waals surface area contributed by atoms with Gasteiger partial charge < -0.3 is 5.73 Å². The molecule has 0 atom stereocenters. The zero-order valence-corrected chi connectivity index (χ0v) is 7.97. The van der Waals surface area contributed by atoms with Crippen LogP contribution in [0.25, 0.3) is 10.9 Å². The number of hydrogen-bond acceptors (Lipinski definition) is 4. The molecule has 15 heavy (non-hydrogen) atoms. The maximum atomic E-state index is 11.0. The van der Waals surface area contributed by atoms with E-state index < -0.39 is 0 Å². The van der Waals surface area contributed by atoms with Crippen molar-refractivity contribution in [3.63, 3.8) is 0 Å². The first-order valence-electron chi connectivity index (χ1n) is 4.51. The largest absolute Gasteiger partial charge is 0.322 e. The molecule has 2 rings (SSSR count). The van der Waals surface area contributed by atoms with Crippen molar-refractivity contribution in [3.05, 3.63) is 30.5 Å². The highest BCUT2D eigenvalue weighted by atomic mass is 16.1. The number of fused-ring (bicyclic) bond motifs is 1. The molecule has 0 saturated carbocycles. The van der Waals surface area contributed by atoms with Crippen molar-refractivity contribution in [2.45, 2.75) is 0 Å². The molecule has 1 aromatic carbocycles. The zero-order chi connectivity index (χ0) is 10.7. The Balaban J connectivity index is 2.34. The van der Waals surface area contributed by atoms with Gasteiger partial charge in [0.1, 0.15) is 0 Å². The van der Waals surface area contributed by atoms with Crippen molar-refractivity contribution < 1.29 is 4.79 Å². The standard InChI is InChI=1S/C10H10N4O/c11-5-9(15)14-10-12-6-7-3-1-2-4-8(7)13-10/h1-4,6H,5,11H2,(H,12,13,14,15). The second-order valence-electron chi connectivity index (χ2n) is 3.00. The topological polar surface area (TPSA) is 80.9 Å². The summed E-state index contributed by atoms with van der Waals surface area (Å²) in [5.74, 6) is -0.0190. The Morgan fingerprint density at radius 1 is 1.40 bits per heavy atom. The summed E-state index contributed by atoms with van der Waals surface area (Å²) in [6, 6.07) is 7.55. The molecule has 0 bridgehead atoms. The monoisotopic (exact) mass is 202 g/mol. The van der Waals surface area contributed by atoms with Gasteiger partial charge in [-0.2, -0.15) is 0 Å². The van der Waals surface area contributed by atoms with Crippen molar-refractivity contribution in [2.75, 3.05) is 11.9 Å². The van der Waals surface area contributed by atoms with Crippen LogP contribution in [0, 0.1) is 0 Å². The van der Waals surface area contributed by atoms with Crippen LogP contribution in [0.15, 0.2) is 30.5 Å². The van der Waals surface area contributed by atoms with Crippen molar-refractivity contribution in [1.29, 1.82) is 0 Å². The maximum Gasteiger partial charge on any atom is 0.240 e. The summed E-state index contributed by atoms with van der Waals surface area (Å²) in [6.45, 7) is -0.0732. The highest BCUT2D eigenvalue weighted by Gasteiger charge is 2.02. The van der Waals surface area contributed by atoms with Gasteiger partial charge in [-0.15, -0.1) is 0 Å². The molecule has 0 aliphatic carbocycles. The van der Waals surface area contributed by atoms with Crippen LogP contribution in [-0.2, 0) is 4.79 Å². The molecule has 5 heteroatoms. The molecule has 0 radical (unpaired) electrons. The summed E-state index contributed by atoms with van der Waals surface area (Å²) in [7, 11) is 0. The van der Waals surface area contributed by atoms with Crippen LogP contribution >= 0.6 is 0 Å². The number of amides is 1. The van der Waals surface area contributed by atoms with Gasteiger partial charge in [-0.3, -0.25) is 10.1 Å². The van der Waals surface area contributed by atoms with Crippen molar-refractivity contribution in [2.24, 2.45) is 5.73 Å². The fraction of sp³-hybridized carbons (Fsp3) is 0.100. The molecule has 1 aromatic heterocycles. The van der Waals surface area contributed by atoms with Gasteiger partial charge >= 0.3 is 0 Å². The van der Waals surface area contributed by atoms with E-state index in [-0.39, 0.29) is 18.4 Å². The molecule has 5 nitrogen and oxygen atoms in total. The van der Waals surface area contributed by atoms with Crippen LogP contribution in [0.2, 0.25) is 0 Å². The number of hydrogen-bond donors (Lipinski definition) is 2. The normalized spacial score (nSPS) is 10.2. The molecule has 0 unspecified atom stereocenters. The average Bonchev–Trinajstić information content (AvgIpc) is 2.29. The molecule has 0 fully saturated rings. The third-order valence-electron chi connectivity index (χ3n) is 1.93. The van der Waals surface area contributed by atoms with Crippen LogP contribution < -0.4 is 11.1 Å². The third-order valence-corrected chi connectivity index (χ3v) is 1.93. The number of anilines is 1. The van der Waals surface area contributed by atoms with Gasteiger partial charge in [0.15, 0.2) is 0 Å². The SMILES string of the molecule is NCC(=O)Nc1ncc2ccccc2n1. The van der Waals surface area contributed by atoms with Gasteiger partial charge in [-0.1, -0.05) is 18.2 Å². The number of para-hydroxylation sites is 1. The molecular formula is C10H10N4O. The number of nitrogens with zero attached hydrogens (tertiary/aromatic N) is 2. The number of nitrogens with one attached hydrogen (secondary N) is 1. The van der Waals surface area contributed by atoms with Crippen molar-refractivity contribution in [3.8, 4) is 0 Å². The first kappa shape index (κ1) is 9.54.